The van der Waals surface area contributed by atoms with Gasteiger partial charge in [0.2, 0.25) is 0 Å². The van der Waals surface area contributed by atoms with Gasteiger partial charge in [-0.25, -0.2) is 19.2 Å². The lowest BCUT2D eigenvalue weighted by Crippen LogP contribution is -2.66. The number of rotatable bonds is 1. The van der Waals surface area contributed by atoms with Gasteiger partial charge < -0.3 is 10.6 Å². The Kier molecular flexibility index (Phi) is 5.30. The van der Waals surface area contributed by atoms with Gasteiger partial charge in [0.15, 0.2) is 0 Å². The second-order valence-corrected chi connectivity index (χ2v) is 7.98. The van der Waals surface area contributed by atoms with Crippen molar-refractivity contribution in [1.29, 1.82) is 0 Å². The molecule has 0 spiro atoms. The minimum Gasteiger partial charge on any atom is -0.304 e. The number of nitrogens with one attached hydrogen (secondary N) is 4. The van der Waals surface area contributed by atoms with Gasteiger partial charge >= 0.3 is 6.18 Å². The number of fused-ring (bicyclic) bond motifs is 3. The van der Waals surface area contributed by atoms with Crippen LogP contribution in [0.15, 0.2) is 18.2 Å². The second-order valence-electron chi connectivity index (χ2n) is 7.48. The Morgan fingerprint density at radius 1 is 1.14 bits per heavy atom. The molecule has 4 rings (SSSR count). The molecule has 0 bridgehead atoms. The van der Waals surface area contributed by atoms with Crippen LogP contribution in [0.3, 0.4) is 0 Å². The maximum Gasteiger partial charge on any atom is 0.405 e. The van der Waals surface area contributed by atoms with Crippen LogP contribution >= 0.6 is 11.6 Å². The molecule has 3 aliphatic heterocycles. The fourth-order valence-corrected chi connectivity index (χ4v) is 5.21. The fraction of sp³-hybridized carbons (Fsp3) is 0.647. The third-order valence-corrected chi connectivity index (χ3v) is 6.41. The van der Waals surface area contributed by atoms with Crippen molar-refractivity contribution in [2.75, 3.05) is 13.2 Å². The van der Waals surface area contributed by atoms with Crippen molar-refractivity contribution in [3.63, 3.8) is 0 Å². The zero-order chi connectivity index (χ0) is 20.2. The van der Waals surface area contributed by atoms with E-state index in [9.17, 15) is 22.0 Å². The van der Waals surface area contributed by atoms with E-state index in [0.29, 0.717) is 6.67 Å². The number of hydrogen-bond donors (Lipinski definition) is 4. The highest BCUT2D eigenvalue weighted by Crippen LogP contribution is 2.43. The van der Waals surface area contributed by atoms with Gasteiger partial charge in [0.05, 0.1) is 18.2 Å². The van der Waals surface area contributed by atoms with Crippen LogP contribution in [0.4, 0.5) is 22.0 Å². The van der Waals surface area contributed by atoms with Crippen molar-refractivity contribution in [2.45, 2.75) is 48.8 Å². The molecule has 3 fully saturated rings. The summed E-state index contributed by atoms with van der Waals surface area (Å²) in [5.74, 6) is -2.52. The maximum atomic E-state index is 14.6. The van der Waals surface area contributed by atoms with Gasteiger partial charge in [-0.3, -0.25) is 5.32 Å². The molecule has 3 aliphatic rings. The number of alkyl halides is 4. The molecule has 7 atom stereocenters. The minimum absolute atomic E-state index is 0.0236. The van der Waals surface area contributed by atoms with Crippen LogP contribution in [0, 0.1) is 17.6 Å². The topological polar surface area (TPSA) is 51.4 Å². The Morgan fingerprint density at radius 2 is 1.82 bits per heavy atom. The van der Waals surface area contributed by atoms with Crippen molar-refractivity contribution in [2.24, 2.45) is 5.92 Å². The molecule has 0 amide bonds. The highest BCUT2D eigenvalue weighted by atomic mass is 35.5. The minimum atomic E-state index is -4.58. The molecule has 5 nitrogen and oxygen atoms in total. The normalized spacial score (nSPS) is 39.3. The monoisotopic (exact) mass is 425 g/mol. The van der Waals surface area contributed by atoms with Gasteiger partial charge in [-0.15, -0.1) is 11.6 Å². The predicted octanol–water partition coefficient (Wildman–Crippen LogP) is 1.82. The number of hydrazine groups is 1. The van der Waals surface area contributed by atoms with Gasteiger partial charge in [0.25, 0.3) is 0 Å². The number of hydrogen-bond acceptors (Lipinski definition) is 5. The number of nitrogens with zero attached hydrogens (tertiary/aromatic N) is 1. The van der Waals surface area contributed by atoms with Crippen molar-refractivity contribution < 1.29 is 22.0 Å². The van der Waals surface area contributed by atoms with Gasteiger partial charge in [-0.1, -0.05) is 6.07 Å². The van der Waals surface area contributed by atoms with Crippen molar-refractivity contribution in [1.82, 2.24) is 26.4 Å². The smallest absolute Gasteiger partial charge is 0.304 e. The number of halogens is 6. The summed E-state index contributed by atoms with van der Waals surface area (Å²) < 4.78 is 69.8. The molecule has 0 aromatic heterocycles. The molecule has 0 radical (unpaired) electrons. The van der Waals surface area contributed by atoms with Crippen LogP contribution in [0.1, 0.15) is 18.5 Å². The molecular weight excluding hydrogens is 405 g/mol. The number of benzene rings is 1. The lowest BCUT2D eigenvalue weighted by atomic mass is 9.78. The summed E-state index contributed by atoms with van der Waals surface area (Å²) >= 11 is 6.36. The van der Waals surface area contributed by atoms with E-state index in [1.165, 1.54) is 6.07 Å². The largest absolute Gasteiger partial charge is 0.405 e. The Hall–Kier alpha value is -1.04. The summed E-state index contributed by atoms with van der Waals surface area (Å²) in [4.78, 5) is 0. The Bertz CT molecular complexity index is 714. The standard InChI is InChI=1S/C17H21ClF5N5/c1-7-16-25-6-26-28(16)10-5-24-15(17(21,22)23)13(18)12(10)14(27-7)11-8(19)3-2-4-9(11)20/h2-4,7,10,12-16,24-27H,5-6H2,1H3/t7-,10?,12?,13?,14?,15?,16?/m0/s1. The molecule has 1 aromatic rings. The van der Waals surface area contributed by atoms with E-state index in [-0.39, 0.29) is 24.3 Å². The summed E-state index contributed by atoms with van der Waals surface area (Å²) in [6.45, 7) is 2.23. The Morgan fingerprint density at radius 3 is 2.46 bits per heavy atom. The van der Waals surface area contributed by atoms with E-state index >= 15 is 0 Å². The van der Waals surface area contributed by atoms with Gasteiger partial charge in [-0.2, -0.15) is 13.2 Å². The van der Waals surface area contributed by atoms with Crippen molar-refractivity contribution in [3.05, 3.63) is 35.4 Å². The quantitative estimate of drug-likeness (QED) is 0.408. The van der Waals surface area contributed by atoms with Crippen LogP contribution in [0.2, 0.25) is 0 Å². The second kappa shape index (κ2) is 7.33. The molecule has 4 N–H and O–H groups in total. The first-order chi connectivity index (χ1) is 13.2. The van der Waals surface area contributed by atoms with Crippen LogP contribution < -0.4 is 21.4 Å². The van der Waals surface area contributed by atoms with Crippen LogP contribution in [0.25, 0.3) is 0 Å². The molecule has 11 heteroatoms. The maximum absolute atomic E-state index is 14.6. The summed E-state index contributed by atoms with van der Waals surface area (Å²) in [6.07, 6.45) is -4.84. The van der Waals surface area contributed by atoms with E-state index < -0.39 is 47.2 Å². The molecule has 28 heavy (non-hydrogen) atoms. The summed E-state index contributed by atoms with van der Waals surface area (Å²) in [5.41, 5.74) is 2.84. The van der Waals surface area contributed by atoms with Gasteiger partial charge in [0, 0.05) is 36.2 Å². The first kappa shape index (κ1) is 20.2. The molecule has 156 valence electrons. The Labute approximate surface area is 163 Å². The molecule has 6 unspecified atom stereocenters. The van der Waals surface area contributed by atoms with E-state index in [1.54, 1.807) is 0 Å². The highest BCUT2D eigenvalue weighted by Gasteiger charge is 2.57. The molecule has 1 aromatic carbocycles. The predicted molar refractivity (Wildman–Crippen MR) is 93.2 cm³/mol. The van der Waals surface area contributed by atoms with E-state index in [4.69, 9.17) is 11.6 Å². The first-order valence-electron chi connectivity index (χ1n) is 9.09. The fourth-order valence-electron chi connectivity index (χ4n) is 4.67. The first-order valence-corrected chi connectivity index (χ1v) is 9.53. The molecule has 3 saturated heterocycles. The molecule has 0 aliphatic carbocycles. The van der Waals surface area contributed by atoms with Crippen LogP contribution in [-0.4, -0.2) is 54.1 Å². The van der Waals surface area contributed by atoms with Gasteiger partial charge in [0.1, 0.15) is 17.7 Å². The van der Waals surface area contributed by atoms with E-state index in [2.05, 4.69) is 21.4 Å². The van der Waals surface area contributed by atoms with Gasteiger partial charge in [-0.05, 0) is 19.1 Å². The highest BCUT2D eigenvalue weighted by molar-refractivity contribution is 6.21. The average Bonchev–Trinajstić information content (AvgIpc) is 3.05. The average molecular weight is 426 g/mol. The Balaban J connectivity index is 1.81. The SMILES string of the molecule is C[C@@H]1NC(c2c(F)cccc2F)C2C(Cl)C(C(F)(F)F)NCC2N2NCNC12. The van der Waals surface area contributed by atoms with Crippen molar-refractivity contribution in [3.8, 4) is 0 Å². The van der Waals surface area contributed by atoms with Crippen molar-refractivity contribution >= 4 is 11.6 Å². The molecular formula is C17H21ClF5N5. The third kappa shape index (κ3) is 3.29. The summed E-state index contributed by atoms with van der Waals surface area (Å²) in [5, 5.41) is 9.23. The lowest BCUT2D eigenvalue weighted by Gasteiger charge is -2.46. The summed E-state index contributed by atoms with van der Waals surface area (Å²) in [7, 11) is 0. The van der Waals surface area contributed by atoms with E-state index in [0.717, 1.165) is 12.1 Å². The van der Waals surface area contributed by atoms with Crippen LogP contribution in [-0.2, 0) is 0 Å². The van der Waals surface area contributed by atoms with Crippen LogP contribution in [0.5, 0.6) is 0 Å². The number of piperidine rings is 1. The molecule has 3 heterocycles. The zero-order valence-electron chi connectivity index (χ0n) is 14.9. The lowest BCUT2D eigenvalue weighted by molar-refractivity contribution is -0.167. The zero-order valence-corrected chi connectivity index (χ0v) is 15.7. The van der Waals surface area contributed by atoms with E-state index in [1.807, 2.05) is 11.9 Å². The summed E-state index contributed by atoms with van der Waals surface area (Å²) in [6, 6.07) is -0.379. The third-order valence-electron chi connectivity index (χ3n) is 5.87. The molecule has 0 saturated carbocycles.